The van der Waals surface area contributed by atoms with E-state index in [0.717, 1.165) is 24.5 Å². The number of nitrogens with one attached hydrogen (secondary N) is 1. The first-order valence-corrected chi connectivity index (χ1v) is 7.66. The molecule has 2 aromatic carbocycles. The van der Waals surface area contributed by atoms with Gasteiger partial charge in [-0.3, -0.25) is 0 Å². The molecule has 0 aliphatic rings. The number of ether oxygens (including phenoxy) is 1. The Balaban J connectivity index is 2.11. The van der Waals surface area contributed by atoms with Crippen molar-refractivity contribution < 1.29 is 4.74 Å². The van der Waals surface area contributed by atoms with Gasteiger partial charge in [-0.1, -0.05) is 36.8 Å². The molecule has 0 heterocycles. The molecule has 2 heteroatoms. The van der Waals surface area contributed by atoms with Gasteiger partial charge >= 0.3 is 0 Å². The van der Waals surface area contributed by atoms with Crippen LogP contribution in [-0.4, -0.2) is 6.61 Å². The van der Waals surface area contributed by atoms with Gasteiger partial charge in [0.15, 0.2) is 0 Å². The van der Waals surface area contributed by atoms with Crippen LogP contribution in [0.3, 0.4) is 0 Å². The standard InChI is InChI=1S/C19H25NO/c1-5-11-21-18-8-6-7-17(13-18)20-16(4)19-12-14(2)9-10-15(19)3/h6-10,12-13,16,20H,5,11H2,1-4H3. The average molecular weight is 283 g/mol. The summed E-state index contributed by atoms with van der Waals surface area (Å²) in [5.74, 6) is 0.926. The Morgan fingerprint density at radius 2 is 1.90 bits per heavy atom. The zero-order valence-electron chi connectivity index (χ0n) is 13.4. The van der Waals surface area contributed by atoms with Gasteiger partial charge in [0.2, 0.25) is 0 Å². The average Bonchev–Trinajstić information content (AvgIpc) is 2.48. The summed E-state index contributed by atoms with van der Waals surface area (Å²) in [6.07, 6.45) is 1.02. The summed E-state index contributed by atoms with van der Waals surface area (Å²) in [7, 11) is 0. The second-order valence-corrected chi connectivity index (χ2v) is 5.60. The highest BCUT2D eigenvalue weighted by molar-refractivity contribution is 5.50. The van der Waals surface area contributed by atoms with Crippen LogP contribution in [0.1, 0.15) is 43.0 Å². The van der Waals surface area contributed by atoms with Crippen molar-refractivity contribution in [3.05, 3.63) is 59.2 Å². The van der Waals surface area contributed by atoms with Gasteiger partial charge in [0.25, 0.3) is 0 Å². The van der Waals surface area contributed by atoms with Crippen molar-refractivity contribution in [2.45, 2.75) is 40.2 Å². The molecule has 0 aliphatic carbocycles. The van der Waals surface area contributed by atoms with Crippen LogP contribution >= 0.6 is 0 Å². The topological polar surface area (TPSA) is 21.3 Å². The number of hydrogen-bond acceptors (Lipinski definition) is 2. The maximum Gasteiger partial charge on any atom is 0.121 e. The summed E-state index contributed by atoms with van der Waals surface area (Å²) >= 11 is 0. The lowest BCUT2D eigenvalue weighted by Crippen LogP contribution is -2.08. The number of aryl methyl sites for hydroxylation is 2. The molecule has 0 saturated heterocycles. The Hall–Kier alpha value is -1.96. The number of anilines is 1. The molecular weight excluding hydrogens is 258 g/mol. The van der Waals surface area contributed by atoms with E-state index >= 15 is 0 Å². The third-order valence-corrected chi connectivity index (χ3v) is 3.59. The van der Waals surface area contributed by atoms with E-state index in [-0.39, 0.29) is 6.04 Å². The van der Waals surface area contributed by atoms with E-state index < -0.39 is 0 Å². The van der Waals surface area contributed by atoms with Crippen LogP contribution in [0.25, 0.3) is 0 Å². The molecule has 2 rings (SSSR count). The van der Waals surface area contributed by atoms with E-state index in [1.54, 1.807) is 0 Å². The minimum Gasteiger partial charge on any atom is -0.494 e. The fourth-order valence-electron chi connectivity index (χ4n) is 2.45. The SMILES string of the molecule is CCCOc1cccc(NC(C)c2cc(C)ccc2C)c1. The lowest BCUT2D eigenvalue weighted by Gasteiger charge is -2.19. The van der Waals surface area contributed by atoms with Crippen LogP contribution in [0.5, 0.6) is 5.75 Å². The predicted octanol–water partition coefficient (Wildman–Crippen LogP) is 5.27. The molecule has 1 atom stereocenters. The van der Waals surface area contributed by atoms with Crippen molar-refractivity contribution >= 4 is 5.69 Å². The molecule has 0 bridgehead atoms. The minimum atomic E-state index is 0.270. The van der Waals surface area contributed by atoms with Crippen LogP contribution in [-0.2, 0) is 0 Å². The molecule has 2 nitrogen and oxygen atoms in total. The Bertz CT molecular complexity index is 592. The molecule has 0 aliphatic heterocycles. The highest BCUT2D eigenvalue weighted by Gasteiger charge is 2.09. The second-order valence-electron chi connectivity index (χ2n) is 5.60. The third kappa shape index (κ3) is 4.25. The maximum absolute atomic E-state index is 5.69. The van der Waals surface area contributed by atoms with Crippen LogP contribution in [0.2, 0.25) is 0 Å². The Morgan fingerprint density at radius 3 is 2.67 bits per heavy atom. The summed E-state index contributed by atoms with van der Waals surface area (Å²) in [5.41, 5.74) is 5.05. The van der Waals surface area contributed by atoms with Crippen molar-refractivity contribution in [1.29, 1.82) is 0 Å². The number of hydrogen-bond donors (Lipinski definition) is 1. The fraction of sp³-hybridized carbons (Fsp3) is 0.368. The van der Waals surface area contributed by atoms with Crippen LogP contribution in [0.4, 0.5) is 5.69 Å². The molecule has 1 N–H and O–H groups in total. The van der Waals surface area contributed by atoms with Gasteiger partial charge in [0, 0.05) is 17.8 Å². The third-order valence-electron chi connectivity index (χ3n) is 3.59. The van der Waals surface area contributed by atoms with E-state index in [1.807, 2.05) is 12.1 Å². The molecule has 0 radical (unpaired) electrons. The minimum absolute atomic E-state index is 0.270. The number of rotatable bonds is 6. The first-order valence-electron chi connectivity index (χ1n) is 7.66. The predicted molar refractivity (Wildman–Crippen MR) is 90.2 cm³/mol. The molecule has 112 valence electrons. The lowest BCUT2D eigenvalue weighted by molar-refractivity contribution is 0.317. The van der Waals surface area contributed by atoms with Crippen LogP contribution in [0.15, 0.2) is 42.5 Å². The van der Waals surface area contributed by atoms with Crippen LogP contribution in [0, 0.1) is 13.8 Å². The number of benzene rings is 2. The highest BCUT2D eigenvalue weighted by Crippen LogP contribution is 2.25. The second kappa shape index (κ2) is 7.16. The van der Waals surface area contributed by atoms with Gasteiger partial charge in [-0.05, 0) is 50.5 Å². The van der Waals surface area contributed by atoms with Gasteiger partial charge in [0.1, 0.15) is 5.75 Å². The molecular formula is C19H25NO. The first-order chi connectivity index (χ1) is 10.1. The zero-order chi connectivity index (χ0) is 15.2. The van der Waals surface area contributed by atoms with Crippen molar-refractivity contribution in [3.8, 4) is 5.75 Å². The molecule has 2 aromatic rings. The highest BCUT2D eigenvalue weighted by atomic mass is 16.5. The molecule has 0 aromatic heterocycles. The Labute approximate surface area is 128 Å². The molecule has 0 fully saturated rings. The Morgan fingerprint density at radius 1 is 1.10 bits per heavy atom. The summed E-state index contributed by atoms with van der Waals surface area (Å²) in [6, 6.07) is 15.1. The first kappa shape index (κ1) is 15.4. The van der Waals surface area contributed by atoms with E-state index in [2.05, 4.69) is 63.3 Å². The summed E-state index contributed by atoms with van der Waals surface area (Å²) in [6.45, 7) is 9.37. The summed E-state index contributed by atoms with van der Waals surface area (Å²) in [4.78, 5) is 0. The van der Waals surface area contributed by atoms with Gasteiger partial charge in [0.05, 0.1) is 6.61 Å². The van der Waals surface area contributed by atoms with Gasteiger partial charge in [-0.15, -0.1) is 0 Å². The van der Waals surface area contributed by atoms with Gasteiger partial charge in [-0.25, -0.2) is 0 Å². The normalized spacial score (nSPS) is 12.0. The summed E-state index contributed by atoms with van der Waals surface area (Å²) in [5, 5.41) is 3.56. The van der Waals surface area contributed by atoms with Crippen molar-refractivity contribution in [1.82, 2.24) is 0 Å². The van der Waals surface area contributed by atoms with E-state index in [1.165, 1.54) is 16.7 Å². The van der Waals surface area contributed by atoms with Crippen molar-refractivity contribution in [3.63, 3.8) is 0 Å². The molecule has 21 heavy (non-hydrogen) atoms. The lowest BCUT2D eigenvalue weighted by atomic mass is 10.00. The molecule has 0 saturated carbocycles. The smallest absolute Gasteiger partial charge is 0.121 e. The van der Waals surface area contributed by atoms with Crippen LogP contribution < -0.4 is 10.1 Å². The molecule has 1 unspecified atom stereocenters. The fourth-order valence-corrected chi connectivity index (χ4v) is 2.45. The van der Waals surface area contributed by atoms with E-state index in [0.29, 0.717) is 0 Å². The van der Waals surface area contributed by atoms with E-state index in [4.69, 9.17) is 4.74 Å². The van der Waals surface area contributed by atoms with Gasteiger partial charge in [-0.2, -0.15) is 0 Å². The molecule has 0 amide bonds. The van der Waals surface area contributed by atoms with E-state index in [9.17, 15) is 0 Å². The van der Waals surface area contributed by atoms with Crippen molar-refractivity contribution in [2.24, 2.45) is 0 Å². The monoisotopic (exact) mass is 283 g/mol. The quantitative estimate of drug-likeness (QED) is 0.780. The zero-order valence-corrected chi connectivity index (χ0v) is 13.4. The summed E-state index contributed by atoms with van der Waals surface area (Å²) < 4.78 is 5.69. The molecule has 0 spiro atoms. The maximum atomic E-state index is 5.69. The van der Waals surface area contributed by atoms with Gasteiger partial charge < -0.3 is 10.1 Å². The Kier molecular flexibility index (Phi) is 5.26. The largest absolute Gasteiger partial charge is 0.494 e. The van der Waals surface area contributed by atoms with Crippen molar-refractivity contribution in [2.75, 3.05) is 11.9 Å².